The summed E-state index contributed by atoms with van der Waals surface area (Å²) in [7, 11) is 3.55. The van der Waals surface area contributed by atoms with E-state index in [-0.39, 0.29) is 35.8 Å². The van der Waals surface area contributed by atoms with Crippen LogP contribution >= 0.6 is 11.6 Å². The van der Waals surface area contributed by atoms with E-state index < -0.39 is 17.2 Å². The molecule has 0 aliphatic carbocycles. The number of carbonyl (C=O) groups is 2. The molecule has 43 heavy (non-hydrogen) atoms. The maximum atomic E-state index is 13.7. The van der Waals surface area contributed by atoms with Crippen molar-refractivity contribution in [2.75, 3.05) is 26.0 Å². The average Bonchev–Trinajstić information content (AvgIpc) is 3.46. The fourth-order valence-electron chi connectivity index (χ4n) is 5.35. The fourth-order valence-corrected chi connectivity index (χ4v) is 5.58. The van der Waals surface area contributed by atoms with Crippen LogP contribution in [0.15, 0.2) is 64.2 Å². The van der Waals surface area contributed by atoms with Crippen LogP contribution in [0.25, 0.3) is 38.4 Å². The van der Waals surface area contributed by atoms with Crippen LogP contribution in [0.4, 0.5) is 5.82 Å². The number of hydrogen-bond donors (Lipinski definition) is 4. The number of nitrogens with one attached hydrogen (secondary N) is 3. The highest BCUT2D eigenvalue weighted by molar-refractivity contribution is 6.32. The Balaban J connectivity index is 1.57. The Morgan fingerprint density at radius 2 is 1.79 bits per heavy atom. The molecule has 0 saturated carbocycles. The molecule has 6 rings (SSSR count). The van der Waals surface area contributed by atoms with E-state index in [1.165, 1.54) is 4.57 Å². The van der Waals surface area contributed by atoms with E-state index in [2.05, 4.69) is 20.5 Å². The minimum atomic E-state index is -1.33. The molecule has 0 spiro atoms. The first-order valence-corrected chi connectivity index (χ1v) is 13.6. The fraction of sp³-hybridized carbons (Fsp3) is 0.167. The number of nitrogens with zero attached hydrogens (tertiary/aromatic N) is 4. The molecule has 0 aliphatic heterocycles. The SMILES string of the molecule is Cc1ccc2c(c1)c(-n1c(=O)[nH]c3ccccc3c1=O)c(C(=O)O)n2Cc1cc2c(NC(=O)CN(C)C)n[nH]c2cc1Cl. The van der Waals surface area contributed by atoms with E-state index in [0.717, 1.165) is 10.1 Å². The molecule has 218 valence electrons. The summed E-state index contributed by atoms with van der Waals surface area (Å²) in [5.41, 5.74) is 1.05. The summed E-state index contributed by atoms with van der Waals surface area (Å²) in [6, 6.07) is 15.2. The second-order valence-corrected chi connectivity index (χ2v) is 11.0. The Hall–Kier alpha value is -5.20. The number of para-hydroxylation sites is 1. The average molecular weight is 600 g/mol. The number of halogens is 1. The second kappa shape index (κ2) is 10.6. The number of aromatic nitrogens is 5. The van der Waals surface area contributed by atoms with E-state index in [0.29, 0.717) is 43.7 Å². The van der Waals surface area contributed by atoms with E-state index in [1.807, 2.05) is 13.0 Å². The zero-order valence-corrected chi connectivity index (χ0v) is 24.1. The number of amides is 1. The van der Waals surface area contributed by atoms with E-state index in [9.17, 15) is 24.3 Å². The monoisotopic (exact) mass is 599 g/mol. The Morgan fingerprint density at radius 1 is 1.02 bits per heavy atom. The molecule has 0 saturated heterocycles. The van der Waals surface area contributed by atoms with Gasteiger partial charge in [0.05, 0.1) is 34.2 Å². The largest absolute Gasteiger partial charge is 0.477 e. The van der Waals surface area contributed by atoms with Crippen LogP contribution in [0.5, 0.6) is 0 Å². The lowest BCUT2D eigenvalue weighted by atomic mass is 10.1. The molecule has 0 bridgehead atoms. The number of hydrogen-bond acceptors (Lipinski definition) is 6. The predicted molar refractivity (Wildman–Crippen MR) is 165 cm³/mol. The third kappa shape index (κ3) is 4.86. The highest BCUT2D eigenvalue weighted by Crippen LogP contribution is 2.33. The minimum Gasteiger partial charge on any atom is -0.477 e. The number of aryl methyl sites for hydroxylation is 1. The molecule has 0 atom stereocenters. The molecule has 4 N–H and O–H groups in total. The van der Waals surface area contributed by atoms with Crippen molar-refractivity contribution >= 4 is 62.0 Å². The summed E-state index contributed by atoms with van der Waals surface area (Å²) in [4.78, 5) is 56.7. The highest BCUT2D eigenvalue weighted by atomic mass is 35.5. The molecule has 0 aliphatic rings. The highest BCUT2D eigenvalue weighted by Gasteiger charge is 2.27. The number of aromatic carboxylic acids is 1. The number of carbonyl (C=O) groups excluding carboxylic acids is 1. The summed E-state index contributed by atoms with van der Waals surface area (Å²) in [6.07, 6.45) is 0. The van der Waals surface area contributed by atoms with Gasteiger partial charge in [0.25, 0.3) is 5.56 Å². The summed E-state index contributed by atoms with van der Waals surface area (Å²) < 4.78 is 2.40. The van der Waals surface area contributed by atoms with Gasteiger partial charge in [-0.2, -0.15) is 5.10 Å². The molecule has 1 amide bonds. The van der Waals surface area contributed by atoms with E-state index in [1.54, 1.807) is 67.5 Å². The summed E-state index contributed by atoms with van der Waals surface area (Å²) in [5, 5.41) is 21.9. The van der Waals surface area contributed by atoms with Crippen molar-refractivity contribution in [3.8, 4) is 5.69 Å². The molecular weight excluding hydrogens is 574 g/mol. The quantitative estimate of drug-likeness (QED) is 0.218. The molecule has 6 aromatic rings. The first kappa shape index (κ1) is 27.9. The molecule has 3 aromatic heterocycles. The summed E-state index contributed by atoms with van der Waals surface area (Å²) in [6.45, 7) is 1.97. The number of benzene rings is 3. The Morgan fingerprint density at radius 3 is 2.53 bits per heavy atom. The molecule has 3 aromatic carbocycles. The number of carboxylic acids is 1. The van der Waals surface area contributed by atoms with Crippen molar-refractivity contribution in [1.29, 1.82) is 0 Å². The summed E-state index contributed by atoms with van der Waals surface area (Å²) in [5.74, 6) is -1.29. The van der Waals surface area contributed by atoms with Gasteiger partial charge in [-0.15, -0.1) is 0 Å². The van der Waals surface area contributed by atoms with Crippen LogP contribution in [0.1, 0.15) is 21.6 Å². The van der Waals surface area contributed by atoms with Gasteiger partial charge in [-0.1, -0.05) is 35.4 Å². The van der Waals surface area contributed by atoms with Crippen LogP contribution < -0.4 is 16.6 Å². The zero-order chi connectivity index (χ0) is 30.6. The molecule has 12 nitrogen and oxygen atoms in total. The third-order valence-corrected chi connectivity index (χ3v) is 7.55. The second-order valence-electron chi connectivity index (χ2n) is 10.6. The van der Waals surface area contributed by atoms with Gasteiger partial charge in [0.1, 0.15) is 0 Å². The predicted octanol–water partition coefficient (Wildman–Crippen LogP) is 3.72. The van der Waals surface area contributed by atoms with Crippen molar-refractivity contribution in [3.63, 3.8) is 0 Å². The van der Waals surface area contributed by atoms with E-state index in [4.69, 9.17) is 11.6 Å². The van der Waals surface area contributed by atoms with Crippen molar-refractivity contribution < 1.29 is 14.7 Å². The standard InChI is InChI=1S/C30H26ClN7O5/c1-15-8-9-23-19(10-15)25(38-28(40)17-6-4-5-7-21(17)32-30(38)43)26(29(41)42)37(23)13-16-11-18-22(12-20(16)31)34-35-27(18)33-24(39)14-36(2)3/h4-12H,13-14H2,1-3H3,(H,32,43)(H,41,42)(H2,33,34,35,39). The van der Waals surface area contributed by atoms with Crippen molar-refractivity contribution in [2.45, 2.75) is 13.5 Å². The van der Waals surface area contributed by atoms with Crippen LogP contribution in [-0.2, 0) is 11.3 Å². The topological polar surface area (TPSA) is 158 Å². The van der Waals surface area contributed by atoms with Gasteiger partial charge in [0.2, 0.25) is 5.91 Å². The Labute approximate surface area is 248 Å². The molecule has 13 heteroatoms. The number of fused-ring (bicyclic) bond motifs is 3. The van der Waals surface area contributed by atoms with Crippen molar-refractivity contribution in [3.05, 3.63) is 97.3 Å². The van der Waals surface area contributed by atoms with Crippen LogP contribution in [0.3, 0.4) is 0 Å². The molecule has 0 fully saturated rings. The lowest BCUT2D eigenvalue weighted by Crippen LogP contribution is -2.34. The normalized spacial score (nSPS) is 11.7. The molecule has 0 unspecified atom stereocenters. The number of H-pyrrole nitrogens is 2. The van der Waals surface area contributed by atoms with Crippen molar-refractivity contribution in [2.24, 2.45) is 0 Å². The van der Waals surface area contributed by atoms with Crippen LogP contribution in [0.2, 0.25) is 5.02 Å². The van der Waals surface area contributed by atoms with Crippen LogP contribution in [0, 0.1) is 6.92 Å². The Kier molecular flexibility index (Phi) is 6.87. The molecule has 3 heterocycles. The van der Waals surface area contributed by atoms with Gasteiger partial charge in [0, 0.05) is 22.3 Å². The van der Waals surface area contributed by atoms with Crippen LogP contribution in [-0.4, -0.2) is 66.8 Å². The number of carboxylic acid groups (broad SMARTS) is 1. The van der Waals surface area contributed by atoms with Gasteiger partial charge in [-0.3, -0.25) is 14.7 Å². The van der Waals surface area contributed by atoms with Crippen molar-refractivity contribution in [1.82, 2.24) is 29.2 Å². The van der Waals surface area contributed by atoms with E-state index >= 15 is 0 Å². The van der Waals surface area contributed by atoms with Gasteiger partial charge >= 0.3 is 11.7 Å². The Bertz CT molecular complexity index is 2220. The van der Waals surface area contributed by atoms with Gasteiger partial charge in [0.15, 0.2) is 11.5 Å². The molecule has 0 radical (unpaired) electrons. The maximum Gasteiger partial charge on any atom is 0.354 e. The van der Waals surface area contributed by atoms with Gasteiger partial charge < -0.3 is 24.9 Å². The zero-order valence-electron chi connectivity index (χ0n) is 23.4. The lowest BCUT2D eigenvalue weighted by Gasteiger charge is -2.12. The number of rotatable bonds is 7. The number of likely N-dealkylation sites (N-methyl/N-ethyl adjacent to an activating group) is 1. The first-order chi connectivity index (χ1) is 20.5. The van der Waals surface area contributed by atoms with Gasteiger partial charge in [-0.05, 0) is 63.0 Å². The smallest absolute Gasteiger partial charge is 0.354 e. The number of anilines is 1. The third-order valence-electron chi connectivity index (χ3n) is 7.20. The summed E-state index contributed by atoms with van der Waals surface area (Å²) >= 11 is 6.67. The minimum absolute atomic E-state index is 0.0214. The molecular formula is C30H26ClN7O5. The number of aromatic amines is 2. The van der Waals surface area contributed by atoms with Gasteiger partial charge in [-0.25, -0.2) is 14.2 Å². The first-order valence-electron chi connectivity index (χ1n) is 13.2. The lowest BCUT2D eigenvalue weighted by molar-refractivity contribution is -0.116. The maximum absolute atomic E-state index is 13.7.